The Balaban J connectivity index is 1.92. The molecule has 0 radical (unpaired) electrons. The zero-order valence-electron chi connectivity index (χ0n) is 13.5. The van der Waals surface area contributed by atoms with E-state index in [0.717, 1.165) is 17.4 Å². The van der Waals surface area contributed by atoms with Gasteiger partial charge in [0.05, 0.1) is 19.8 Å². The maximum atomic E-state index is 11.9. The Morgan fingerprint density at radius 2 is 2.13 bits per heavy atom. The topological polar surface area (TPSA) is 77.8 Å². The minimum absolute atomic E-state index is 0.0515. The van der Waals surface area contributed by atoms with Gasteiger partial charge in [0, 0.05) is 23.1 Å². The monoisotopic (exact) mass is 319 g/mol. The maximum absolute atomic E-state index is 11.9. The van der Waals surface area contributed by atoms with E-state index >= 15 is 0 Å². The van der Waals surface area contributed by atoms with Crippen LogP contribution < -0.4 is 10.1 Å². The van der Waals surface area contributed by atoms with Gasteiger partial charge in [0.15, 0.2) is 6.61 Å². The first-order valence-corrected chi connectivity index (χ1v) is 7.52. The van der Waals surface area contributed by atoms with Crippen molar-refractivity contribution in [2.75, 3.05) is 13.7 Å². The van der Waals surface area contributed by atoms with Gasteiger partial charge in [0.25, 0.3) is 5.91 Å². The average Bonchev–Trinajstić information content (AvgIpc) is 2.94. The number of rotatable bonds is 7. The van der Waals surface area contributed by atoms with Crippen LogP contribution in [0.5, 0.6) is 5.75 Å². The summed E-state index contributed by atoms with van der Waals surface area (Å²) in [6, 6.07) is 5.44. The lowest BCUT2D eigenvalue weighted by atomic mass is 10.1. The summed E-state index contributed by atoms with van der Waals surface area (Å²) in [6.07, 6.45) is 2.39. The summed E-state index contributed by atoms with van der Waals surface area (Å²) in [7, 11) is 1.58. The fourth-order valence-corrected chi connectivity index (χ4v) is 2.10. The molecule has 1 amide bonds. The molecular weight excluding hydrogens is 298 g/mol. The quantitative estimate of drug-likeness (QED) is 0.793. The van der Waals surface area contributed by atoms with Crippen molar-refractivity contribution in [3.63, 3.8) is 0 Å². The molecule has 6 heteroatoms. The van der Waals surface area contributed by atoms with Gasteiger partial charge in [-0.1, -0.05) is 6.92 Å². The summed E-state index contributed by atoms with van der Waals surface area (Å²) in [4.78, 5) is 23.4. The standard InChI is InChI=1S/C17H21NO5/c1-4-11(2)18-16(19)10-23-17(20)7-12-9-22-15-8-13(21-3)5-6-14(12)15/h5-6,8-9,11H,4,7,10H2,1-3H3,(H,18,19)/t11-/m0/s1. The van der Waals surface area contributed by atoms with Crippen molar-refractivity contribution >= 4 is 22.8 Å². The van der Waals surface area contributed by atoms with E-state index < -0.39 is 5.97 Å². The molecule has 0 spiro atoms. The van der Waals surface area contributed by atoms with Crippen LogP contribution >= 0.6 is 0 Å². The third-order valence-corrected chi connectivity index (χ3v) is 3.58. The Hall–Kier alpha value is -2.50. The van der Waals surface area contributed by atoms with E-state index in [0.29, 0.717) is 11.3 Å². The first kappa shape index (κ1) is 16.9. The highest BCUT2D eigenvalue weighted by atomic mass is 16.5. The molecule has 1 aromatic carbocycles. The number of benzene rings is 1. The highest BCUT2D eigenvalue weighted by Crippen LogP contribution is 2.25. The number of furan rings is 1. The van der Waals surface area contributed by atoms with Crippen molar-refractivity contribution in [2.45, 2.75) is 32.7 Å². The molecule has 1 atom stereocenters. The number of esters is 1. The number of carbonyl (C=O) groups excluding carboxylic acids is 2. The van der Waals surface area contributed by atoms with E-state index in [1.54, 1.807) is 19.2 Å². The summed E-state index contributed by atoms with van der Waals surface area (Å²) in [5.74, 6) is -0.0833. The molecule has 0 aliphatic carbocycles. The van der Waals surface area contributed by atoms with Gasteiger partial charge in [-0.25, -0.2) is 0 Å². The van der Waals surface area contributed by atoms with E-state index in [9.17, 15) is 9.59 Å². The highest BCUT2D eigenvalue weighted by molar-refractivity contribution is 5.87. The Morgan fingerprint density at radius 3 is 2.83 bits per heavy atom. The average molecular weight is 319 g/mol. The molecule has 2 rings (SSSR count). The van der Waals surface area contributed by atoms with Crippen LogP contribution in [-0.4, -0.2) is 31.6 Å². The van der Waals surface area contributed by atoms with Crippen LogP contribution in [-0.2, 0) is 20.7 Å². The van der Waals surface area contributed by atoms with Crippen molar-refractivity contribution in [1.82, 2.24) is 5.32 Å². The smallest absolute Gasteiger partial charge is 0.310 e. The van der Waals surface area contributed by atoms with Crippen molar-refractivity contribution in [1.29, 1.82) is 0 Å². The molecular formula is C17H21NO5. The first-order valence-electron chi connectivity index (χ1n) is 7.52. The van der Waals surface area contributed by atoms with Crippen LogP contribution in [0.15, 0.2) is 28.9 Å². The number of fused-ring (bicyclic) bond motifs is 1. The predicted octanol–water partition coefficient (Wildman–Crippen LogP) is 2.44. The molecule has 0 aliphatic heterocycles. The van der Waals surface area contributed by atoms with Crippen molar-refractivity contribution in [2.24, 2.45) is 0 Å². The summed E-state index contributed by atoms with van der Waals surface area (Å²) >= 11 is 0. The number of hydrogen-bond acceptors (Lipinski definition) is 5. The van der Waals surface area contributed by atoms with E-state index in [4.69, 9.17) is 13.9 Å². The summed E-state index contributed by atoms with van der Waals surface area (Å²) in [5, 5.41) is 3.56. The molecule has 124 valence electrons. The van der Waals surface area contributed by atoms with Gasteiger partial charge in [-0.3, -0.25) is 9.59 Å². The molecule has 1 aromatic heterocycles. The molecule has 0 fully saturated rings. The molecule has 2 aromatic rings. The van der Waals surface area contributed by atoms with Gasteiger partial charge in [0.1, 0.15) is 11.3 Å². The number of hydrogen-bond donors (Lipinski definition) is 1. The molecule has 0 unspecified atom stereocenters. The normalized spacial score (nSPS) is 12.0. The third kappa shape index (κ3) is 4.48. The van der Waals surface area contributed by atoms with Crippen LogP contribution in [0.2, 0.25) is 0 Å². The van der Waals surface area contributed by atoms with E-state index in [2.05, 4.69) is 5.32 Å². The van der Waals surface area contributed by atoms with Crippen LogP contribution in [0.3, 0.4) is 0 Å². The van der Waals surface area contributed by atoms with Crippen LogP contribution in [0, 0.1) is 0 Å². The van der Waals surface area contributed by atoms with Gasteiger partial charge < -0.3 is 19.2 Å². The Bertz CT molecular complexity index is 691. The molecule has 0 aliphatic rings. The van der Waals surface area contributed by atoms with E-state index in [1.807, 2.05) is 19.9 Å². The Kier molecular flexibility index (Phi) is 5.62. The second-order valence-electron chi connectivity index (χ2n) is 5.34. The molecule has 1 heterocycles. The van der Waals surface area contributed by atoms with E-state index in [1.165, 1.54) is 6.26 Å². The molecule has 6 nitrogen and oxygen atoms in total. The Morgan fingerprint density at radius 1 is 1.35 bits per heavy atom. The minimum atomic E-state index is -0.470. The lowest BCUT2D eigenvalue weighted by Crippen LogP contribution is -2.35. The fourth-order valence-electron chi connectivity index (χ4n) is 2.10. The van der Waals surface area contributed by atoms with Crippen LogP contribution in [0.25, 0.3) is 11.0 Å². The van der Waals surface area contributed by atoms with Crippen molar-refractivity contribution in [3.05, 3.63) is 30.0 Å². The fraction of sp³-hybridized carbons (Fsp3) is 0.412. The number of amides is 1. The lowest BCUT2D eigenvalue weighted by molar-refractivity contribution is -0.148. The minimum Gasteiger partial charge on any atom is -0.497 e. The van der Waals surface area contributed by atoms with E-state index in [-0.39, 0.29) is 25.0 Å². The number of carbonyl (C=O) groups is 2. The third-order valence-electron chi connectivity index (χ3n) is 3.58. The zero-order chi connectivity index (χ0) is 16.8. The summed E-state index contributed by atoms with van der Waals surface area (Å²) in [5.41, 5.74) is 1.36. The van der Waals surface area contributed by atoms with Gasteiger partial charge in [-0.15, -0.1) is 0 Å². The molecule has 23 heavy (non-hydrogen) atoms. The zero-order valence-corrected chi connectivity index (χ0v) is 13.5. The largest absolute Gasteiger partial charge is 0.497 e. The van der Waals surface area contributed by atoms with Crippen LogP contribution in [0.1, 0.15) is 25.8 Å². The van der Waals surface area contributed by atoms with Gasteiger partial charge >= 0.3 is 5.97 Å². The second-order valence-corrected chi connectivity index (χ2v) is 5.34. The van der Waals surface area contributed by atoms with Gasteiger partial charge in [0.2, 0.25) is 0 Å². The molecule has 1 N–H and O–H groups in total. The number of ether oxygens (including phenoxy) is 2. The van der Waals surface area contributed by atoms with Gasteiger partial charge in [-0.2, -0.15) is 0 Å². The lowest BCUT2D eigenvalue weighted by Gasteiger charge is -2.11. The Labute approximate surface area is 134 Å². The summed E-state index contributed by atoms with van der Waals surface area (Å²) in [6.45, 7) is 3.59. The van der Waals surface area contributed by atoms with Crippen LogP contribution in [0.4, 0.5) is 0 Å². The number of nitrogens with one attached hydrogen (secondary N) is 1. The molecule has 0 bridgehead atoms. The second kappa shape index (κ2) is 7.67. The highest BCUT2D eigenvalue weighted by Gasteiger charge is 2.14. The van der Waals surface area contributed by atoms with Crippen molar-refractivity contribution < 1.29 is 23.5 Å². The molecule has 0 saturated heterocycles. The molecule has 0 saturated carbocycles. The predicted molar refractivity (Wildman–Crippen MR) is 85.3 cm³/mol. The van der Waals surface area contributed by atoms with Gasteiger partial charge in [-0.05, 0) is 25.5 Å². The van der Waals surface area contributed by atoms with Crippen molar-refractivity contribution in [3.8, 4) is 5.75 Å². The SMILES string of the molecule is CC[C@H](C)NC(=O)COC(=O)Cc1coc2cc(OC)ccc12. The summed E-state index contributed by atoms with van der Waals surface area (Å²) < 4.78 is 15.5. The first-order chi connectivity index (χ1) is 11.0. The maximum Gasteiger partial charge on any atom is 0.310 e. The number of methoxy groups -OCH3 is 1.